The van der Waals surface area contributed by atoms with Crippen LogP contribution in [0.5, 0.6) is 0 Å². The smallest absolute Gasteiger partial charge is 0.419 e. The first kappa shape index (κ1) is 30.0. The number of nitrogens with zero attached hydrogens (tertiary/aromatic N) is 1. The first-order valence-corrected chi connectivity index (χ1v) is 13.1. The van der Waals surface area contributed by atoms with E-state index in [0.29, 0.717) is 5.56 Å². The number of halogens is 2. The largest absolute Gasteiger partial charge is 0.464 e. The Kier molecular flexibility index (Phi) is 9.63. The average molecular weight is 577 g/mol. The number of benzene rings is 2. The van der Waals surface area contributed by atoms with Gasteiger partial charge >= 0.3 is 18.0 Å². The molecule has 1 unspecified atom stereocenters. The van der Waals surface area contributed by atoms with Crippen molar-refractivity contribution in [3.05, 3.63) is 63.8 Å². The maximum absolute atomic E-state index is 13.4. The van der Waals surface area contributed by atoms with E-state index in [4.69, 9.17) is 37.4 Å². The molecule has 0 bridgehead atoms. The van der Waals surface area contributed by atoms with Crippen LogP contribution in [0.1, 0.15) is 61.9 Å². The summed E-state index contributed by atoms with van der Waals surface area (Å²) in [6.07, 6.45) is -1.20. The second-order valence-electron chi connectivity index (χ2n) is 9.48. The van der Waals surface area contributed by atoms with Gasteiger partial charge in [-0.2, -0.15) is 0 Å². The molecule has 0 saturated heterocycles. The van der Waals surface area contributed by atoms with Crippen molar-refractivity contribution in [2.45, 2.75) is 52.7 Å². The lowest BCUT2D eigenvalue weighted by Gasteiger charge is -2.21. The van der Waals surface area contributed by atoms with E-state index >= 15 is 0 Å². The maximum atomic E-state index is 13.4. The van der Waals surface area contributed by atoms with Crippen LogP contribution in [0.25, 0.3) is 10.9 Å². The van der Waals surface area contributed by atoms with E-state index in [2.05, 4.69) is 5.32 Å². The number of fused-ring (bicyclic) bond motifs is 1. The summed E-state index contributed by atoms with van der Waals surface area (Å²) in [6, 6.07) is 10.1. The van der Waals surface area contributed by atoms with E-state index < -0.39 is 29.7 Å². The molecule has 0 aliphatic rings. The molecule has 0 aliphatic heterocycles. The number of ether oxygens (including phenoxy) is 3. The molecule has 1 aromatic heterocycles. The number of carbonyl (C=O) groups is 4. The fourth-order valence-corrected chi connectivity index (χ4v) is 4.48. The Hall–Kier alpha value is -3.56. The summed E-state index contributed by atoms with van der Waals surface area (Å²) in [5, 5.41) is 3.45. The normalized spacial score (nSPS) is 12.1. The van der Waals surface area contributed by atoms with Gasteiger partial charge in [-0.3, -0.25) is 4.79 Å². The van der Waals surface area contributed by atoms with Gasteiger partial charge in [-0.15, -0.1) is 0 Å². The molecule has 3 rings (SSSR count). The Morgan fingerprint density at radius 1 is 0.974 bits per heavy atom. The third-order valence-corrected chi connectivity index (χ3v) is 5.92. The minimum atomic E-state index is -1.24. The quantitative estimate of drug-likeness (QED) is 0.174. The Bertz CT molecular complexity index is 1390. The molecule has 1 N–H and O–H groups in total. The van der Waals surface area contributed by atoms with Crippen molar-refractivity contribution >= 4 is 63.6 Å². The van der Waals surface area contributed by atoms with Crippen LogP contribution < -0.4 is 5.32 Å². The molecule has 39 heavy (non-hydrogen) atoms. The van der Waals surface area contributed by atoms with Crippen molar-refractivity contribution in [3.63, 3.8) is 0 Å². The van der Waals surface area contributed by atoms with E-state index in [1.807, 2.05) is 0 Å². The molecule has 9 nitrogen and oxygen atoms in total. The van der Waals surface area contributed by atoms with Crippen molar-refractivity contribution in [1.29, 1.82) is 0 Å². The van der Waals surface area contributed by atoms with Gasteiger partial charge in [0.15, 0.2) is 11.5 Å². The summed E-state index contributed by atoms with van der Waals surface area (Å²) >= 11 is 12.8. The monoisotopic (exact) mass is 576 g/mol. The molecule has 0 radical (unpaired) electrons. The zero-order valence-corrected chi connectivity index (χ0v) is 23.8. The fourth-order valence-electron chi connectivity index (χ4n) is 3.90. The van der Waals surface area contributed by atoms with Crippen LogP contribution in [0.3, 0.4) is 0 Å². The van der Waals surface area contributed by atoms with Crippen LogP contribution in [0.4, 0.5) is 10.5 Å². The Morgan fingerprint density at radius 2 is 1.62 bits per heavy atom. The number of Topliss-reactive ketones (excluding diaryl/α,β-unsaturated/α-hetero) is 1. The van der Waals surface area contributed by atoms with E-state index in [-0.39, 0.29) is 57.7 Å². The number of aromatic nitrogens is 1. The molecule has 0 aliphatic carbocycles. The molecule has 1 atom stereocenters. The molecular weight excluding hydrogens is 547 g/mol. The van der Waals surface area contributed by atoms with Crippen LogP contribution in [0, 0.1) is 0 Å². The average Bonchev–Trinajstić information content (AvgIpc) is 3.17. The van der Waals surface area contributed by atoms with E-state index in [1.165, 1.54) is 12.1 Å². The minimum Gasteiger partial charge on any atom is -0.464 e. The topological polar surface area (TPSA) is 113 Å². The maximum Gasteiger partial charge on any atom is 0.419 e. The molecular formula is C28H30Cl2N2O7. The highest BCUT2D eigenvalue weighted by Crippen LogP contribution is 2.40. The Labute approximate surface area is 236 Å². The lowest BCUT2D eigenvalue weighted by molar-refractivity contribution is -0.144. The predicted molar refractivity (Wildman–Crippen MR) is 149 cm³/mol. The number of rotatable bonds is 9. The third-order valence-electron chi connectivity index (χ3n) is 5.41. The van der Waals surface area contributed by atoms with Crippen molar-refractivity contribution in [2.75, 3.05) is 18.5 Å². The van der Waals surface area contributed by atoms with Crippen molar-refractivity contribution in [3.8, 4) is 0 Å². The van der Waals surface area contributed by atoms with Gasteiger partial charge < -0.3 is 19.5 Å². The summed E-state index contributed by atoms with van der Waals surface area (Å²) in [4.78, 5) is 52.8. The number of esters is 2. The third kappa shape index (κ3) is 7.10. The van der Waals surface area contributed by atoms with Crippen LogP contribution in [0.15, 0.2) is 42.5 Å². The molecule has 1 heterocycles. The second kappa shape index (κ2) is 12.5. The van der Waals surface area contributed by atoms with Gasteiger partial charge in [0.25, 0.3) is 0 Å². The van der Waals surface area contributed by atoms with Gasteiger partial charge in [0.1, 0.15) is 11.6 Å². The van der Waals surface area contributed by atoms with Crippen LogP contribution in [0.2, 0.25) is 10.0 Å². The van der Waals surface area contributed by atoms with E-state index in [1.54, 1.807) is 65.0 Å². The first-order valence-electron chi connectivity index (χ1n) is 12.3. The van der Waals surface area contributed by atoms with Gasteiger partial charge in [-0.05, 0) is 46.8 Å². The van der Waals surface area contributed by atoms with Gasteiger partial charge in [0.2, 0.25) is 0 Å². The second-order valence-corrected chi connectivity index (χ2v) is 10.3. The summed E-state index contributed by atoms with van der Waals surface area (Å²) in [6.45, 7) is 8.30. The van der Waals surface area contributed by atoms with Crippen molar-refractivity contribution in [2.24, 2.45) is 0 Å². The van der Waals surface area contributed by atoms with E-state index in [9.17, 15) is 19.2 Å². The zero-order valence-electron chi connectivity index (χ0n) is 22.3. The van der Waals surface area contributed by atoms with E-state index in [0.717, 1.165) is 4.57 Å². The molecule has 0 amide bonds. The lowest BCUT2D eigenvalue weighted by atomic mass is 10.0. The minimum absolute atomic E-state index is 0.00357. The highest BCUT2D eigenvalue weighted by molar-refractivity contribution is 6.40. The van der Waals surface area contributed by atoms with Crippen LogP contribution in [-0.4, -0.2) is 53.2 Å². The van der Waals surface area contributed by atoms with Gasteiger partial charge in [0.05, 0.1) is 29.4 Å². The summed E-state index contributed by atoms with van der Waals surface area (Å²) in [5.41, 5.74) is -0.656. The summed E-state index contributed by atoms with van der Waals surface area (Å²) in [7, 11) is 0. The first-order chi connectivity index (χ1) is 18.4. The standard InChI is InChI=1S/C28H30Cl2N2O7/c1-6-37-25(34)19(15-21(33)16-11-9-8-10-12-16)31-23-22-18(30)13-17(29)14-20(22)32(24(23)26(35)38-7-2)27(36)39-28(3,4)5/h8-14,19,31H,6-7,15H2,1-5H3. The molecule has 208 valence electrons. The molecule has 0 spiro atoms. The van der Waals surface area contributed by atoms with Crippen molar-refractivity contribution in [1.82, 2.24) is 4.57 Å². The SMILES string of the molecule is CCOC(=O)c1c(NC(CC(=O)c2ccccc2)C(=O)OCC)c2c(Cl)cc(Cl)cc2n1C(=O)OC(C)(C)C. The lowest BCUT2D eigenvalue weighted by Crippen LogP contribution is -2.35. The molecule has 3 aromatic rings. The number of hydrogen-bond acceptors (Lipinski definition) is 8. The Balaban J connectivity index is 2.25. The van der Waals surface area contributed by atoms with Crippen molar-refractivity contribution < 1.29 is 33.4 Å². The molecule has 0 fully saturated rings. The number of carbonyl (C=O) groups excluding carboxylic acids is 4. The van der Waals surface area contributed by atoms with Gasteiger partial charge in [-0.25, -0.2) is 19.0 Å². The summed E-state index contributed by atoms with van der Waals surface area (Å²) < 4.78 is 17.0. The van der Waals surface area contributed by atoms with Crippen LogP contribution in [-0.2, 0) is 19.0 Å². The highest BCUT2D eigenvalue weighted by atomic mass is 35.5. The zero-order chi connectivity index (χ0) is 28.9. The number of nitrogens with one attached hydrogen (secondary N) is 1. The van der Waals surface area contributed by atoms with Gasteiger partial charge in [-0.1, -0.05) is 53.5 Å². The summed E-state index contributed by atoms with van der Waals surface area (Å²) in [5.74, 6) is -1.96. The van der Waals surface area contributed by atoms with Crippen LogP contribution >= 0.6 is 23.2 Å². The number of ketones is 1. The fraction of sp³-hybridized carbons (Fsp3) is 0.357. The number of hydrogen-bond donors (Lipinski definition) is 1. The van der Waals surface area contributed by atoms with Gasteiger partial charge in [0, 0.05) is 22.4 Å². The molecule has 11 heteroatoms. The Morgan fingerprint density at radius 3 is 2.21 bits per heavy atom. The molecule has 0 saturated carbocycles. The highest BCUT2D eigenvalue weighted by Gasteiger charge is 2.34. The molecule has 2 aromatic carbocycles. The predicted octanol–water partition coefficient (Wildman–Crippen LogP) is 6.52. The number of anilines is 1.